The zero-order valence-electron chi connectivity index (χ0n) is 12.3. The van der Waals surface area contributed by atoms with Crippen LogP contribution in [0.4, 0.5) is 0 Å². The first-order valence-electron chi connectivity index (χ1n) is 7.37. The van der Waals surface area contributed by atoms with E-state index in [0.717, 1.165) is 29.5 Å². The number of carbonyl (C=O) groups is 2. The number of halogens is 1. The van der Waals surface area contributed by atoms with Gasteiger partial charge in [-0.3, -0.25) is 4.79 Å². The Hall–Kier alpha value is -1.63. The first-order valence-corrected chi connectivity index (χ1v) is 8.57. The lowest BCUT2D eigenvalue weighted by Crippen LogP contribution is -2.34. The number of benzene rings is 1. The highest BCUT2D eigenvalue weighted by molar-refractivity contribution is 7.21. The molecule has 1 aromatic heterocycles. The minimum atomic E-state index is -0.580. The number of rotatable bonds is 5. The third kappa shape index (κ3) is 3.83. The molecule has 0 aliphatic carbocycles. The van der Waals surface area contributed by atoms with Crippen LogP contribution in [0.2, 0.25) is 5.02 Å². The first-order chi connectivity index (χ1) is 11.1. The van der Waals surface area contributed by atoms with E-state index in [2.05, 4.69) is 5.32 Å². The van der Waals surface area contributed by atoms with Crippen molar-refractivity contribution in [2.75, 3.05) is 19.8 Å². The van der Waals surface area contributed by atoms with Crippen molar-refractivity contribution < 1.29 is 19.1 Å². The summed E-state index contributed by atoms with van der Waals surface area (Å²) < 4.78 is 11.4. The lowest BCUT2D eigenvalue weighted by molar-refractivity contribution is -0.124. The van der Waals surface area contributed by atoms with Crippen LogP contribution in [-0.2, 0) is 14.3 Å². The Morgan fingerprint density at radius 2 is 2.22 bits per heavy atom. The molecule has 0 saturated carbocycles. The average molecular weight is 354 g/mol. The lowest BCUT2D eigenvalue weighted by atomic mass is 10.2. The maximum absolute atomic E-state index is 12.1. The molecule has 1 aliphatic heterocycles. The second-order valence-electron chi connectivity index (χ2n) is 5.26. The summed E-state index contributed by atoms with van der Waals surface area (Å²) in [7, 11) is 0. The SMILES string of the molecule is O=C(COC(=O)c1sc2ccccc2c1Cl)NCC1CCCO1. The molecule has 2 aromatic rings. The number of carbonyl (C=O) groups excluding carboxylic acids is 2. The van der Waals surface area contributed by atoms with Crippen LogP contribution in [0, 0.1) is 0 Å². The number of fused-ring (bicyclic) bond motifs is 1. The van der Waals surface area contributed by atoms with E-state index in [1.54, 1.807) is 0 Å². The fourth-order valence-electron chi connectivity index (χ4n) is 2.43. The van der Waals surface area contributed by atoms with Crippen molar-refractivity contribution in [1.29, 1.82) is 0 Å². The van der Waals surface area contributed by atoms with Crippen LogP contribution in [-0.4, -0.2) is 37.7 Å². The normalized spacial score (nSPS) is 17.3. The molecule has 1 amide bonds. The zero-order chi connectivity index (χ0) is 16.2. The highest BCUT2D eigenvalue weighted by atomic mass is 35.5. The molecule has 1 unspecified atom stereocenters. The standard InChI is InChI=1S/C16H16ClNO4S/c17-14-11-5-1-2-6-12(11)23-15(14)16(20)22-9-13(19)18-8-10-4-3-7-21-10/h1-2,5-6,10H,3-4,7-9H2,(H,18,19). The van der Waals surface area contributed by atoms with E-state index < -0.39 is 5.97 Å². The van der Waals surface area contributed by atoms with Gasteiger partial charge in [-0.05, 0) is 18.9 Å². The number of amides is 1. The van der Waals surface area contributed by atoms with Gasteiger partial charge in [0.05, 0.1) is 11.1 Å². The van der Waals surface area contributed by atoms with E-state index in [4.69, 9.17) is 21.1 Å². The molecule has 1 fully saturated rings. The second kappa shape index (κ2) is 7.29. The number of ether oxygens (including phenoxy) is 2. The van der Waals surface area contributed by atoms with Crippen LogP contribution in [0.3, 0.4) is 0 Å². The molecule has 0 spiro atoms. The summed E-state index contributed by atoms with van der Waals surface area (Å²) in [5, 5.41) is 3.89. The Labute approximate surface area is 142 Å². The van der Waals surface area contributed by atoms with E-state index in [1.165, 1.54) is 11.3 Å². The minimum Gasteiger partial charge on any atom is -0.451 e. The summed E-state index contributed by atoms with van der Waals surface area (Å²) >= 11 is 7.47. The van der Waals surface area contributed by atoms with Crippen LogP contribution in [0.5, 0.6) is 0 Å². The van der Waals surface area contributed by atoms with Gasteiger partial charge < -0.3 is 14.8 Å². The Morgan fingerprint density at radius 3 is 2.96 bits per heavy atom. The van der Waals surface area contributed by atoms with Crippen molar-refractivity contribution >= 4 is 44.9 Å². The van der Waals surface area contributed by atoms with Gasteiger partial charge in [0.25, 0.3) is 5.91 Å². The van der Waals surface area contributed by atoms with Crippen molar-refractivity contribution in [2.24, 2.45) is 0 Å². The van der Waals surface area contributed by atoms with Crippen LogP contribution in [0.15, 0.2) is 24.3 Å². The molecule has 0 radical (unpaired) electrons. The van der Waals surface area contributed by atoms with Gasteiger partial charge in [0, 0.05) is 23.2 Å². The van der Waals surface area contributed by atoms with Gasteiger partial charge in [-0.2, -0.15) is 0 Å². The number of hydrogen-bond acceptors (Lipinski definition) is 5. The third-order valence-electron chi connectivity index (χ3n) is 3.61. The summed E-state index contributed by atoms with van der Waals surface area (Å²) in [5.41, 5.74) is 0. The van der Waals surface area contributed by atoms with E-state index >= 15 is 0 Å². The maximum Gasteiger partial charge on any atom is 0.350 e. The molecule has 1 atom stereocenters. The molecule has 122 valence electrons. The molecule has 0 bridgehead atoms. The van der Waals surface area contributed by atoms with E-state index in [-0.39, 0.29) is 18.6 Å². The van der Waals surface area contributed by atoms with Crippen LogP contribution < -0.4 is 5.32 Å². The van der Waals surface area contributed by atoms with Gasteiger partial charge in [0.2, 0.25) is 0 Å². The molecule has 3 rings (SSSR count). The molecule has 23 heavy (non-hydrogen) atoms. The van der Waals surface area contributed by atoms with Crippen LogP contribution in [0.1, 0.15) is 22.5 Å². The smallest absolute Gasteiger partial charge is 0.350 e. The Morgan fingerprint density at radius 1 is 1.39 bits per heavy atom. The van der Waals surface area contributed by atoms with Crippen molar-refractivity contribution in [3.8, 4) is 0 Å². The van der Waals surface area contributed by atoms with Gasteiger partial charge in [-0.25, -0.2) is 4.79 Å². The largest absolute Gasteiger partial charge is 0.451 e. The highest BCUT2D eigenvalue weighted by Gasteiger charge is 2.20. The lowest BCUT2D eigenvalue weighted by Gasteiger charge is -2.10. The maximum atomic E-state index is 12.1. The molecule has 7 heteroatoms. The van der Waals surface area contributed by atoms with E-state index in [0.29, 0.717) is 16.4 Å². The second-order valence-corrected chi connectivity index (χ2v) is 6.69. The van der Waals surface area contributed by atoms with E-state index in [1.807, 2.05) is 24.3 Å². The Kier molecular flexibility index (Phi) is 5.15. The minimum absolute atomic E-state index is 0.0618. The molecular weight excluding hydrogens is 338 g/mol. The zero-order valence-corrected chi connectivity index (χ0v) is 13.9. The van der Waals surface area contributed by atoms with Crippen LogP contribution in [0.25, 0.3) is 10.1 Å². The molecular formula is C16H16ClNO4S. The predicted octanol–water partition coefficient (Wildman–Crippen LogP) is 3.01. The summed E-state index contributed by atoms with van der Waals surface area (Å²) in [6, 6.07) is 7.47. The van der Waals surface area contributed by atoms with Crippen molar-refractivity contribution in [1.82, 2.24) is 5.32 Å². The number of esters is 1. The monoisotopic (exact) mass is 353 g/mol. The molecule has 2 heterocycles. The average Bonchev–Trinajstić information content (AvgIpc) is 3.19. The fourth-order valence-corrected chi connectivity index (χ4v) is 3.83. The van der Waals surface area contributed by atoms with Gasteiger partial charge >= 0.3 is 5.97 Å². The van der Waals surface area contributed by atoms with Gasteiger partial charge in [-0.1, -0.05) is 29.8 Å². The topological polar surface area (TPSA) is 64.6 Å². The summed E-state index contributed by atoms with van der Waals surface area (Å²) in [5.74, 6) is -0.922. The van der Waals surface area contributed by atoms with Crippen LogP contribution >= 0.6 is 22.9 Å². The highest BCUT2D eigenvalue weighted by Crippen LogP contribution is 2.35. The fraction of sp³-hybridized carbons (Fsp3) is 0.375. The Balaban J connectivity index is 1.53. The molecule has 1 saturated heterocycles. The van der Waals surface area contributed by atoms with E-state index in [9.17, 15) is 9.59 Å². The summed E-state index contributed by atoms with van der Waals surface area (Å²) in [6.07, 6.45) is 2.02. The first kappa shape index (κ1) is 16.2. The number of thiophene rings is 1. The van der Waals surface area contributed by atoms with Gasteiger partial charge in [0.1, 0.15) is 4.88 Å². The van der Waals surface area contributed by atoms with Gasteiger partial charge in [0.15, 0.2) is 6.61 Å². The van der Waals surface area contributed by atoms with Crippen molar-refractivity contribution in [2.45, 2.75) is 18.9 Å². The summed E-state index contributed by atoms with van der Waals surface area (Å²) in [4.78, 5) is 24.1. The predicted molar refractivity (Wildman–Crippen MR) is 89.1 cm³/mol. The number of nitrogens with one attached hydrogen (secondary N) is 1. The van der Waals surface area contributed by atoms with Crippen molar-refractivity contribution in [3.05, 3.63) is 34.2 Å². The molecule has 5 nitrogen and oxygen atoms in total. The molecule has 1 aromatic carbocycles. The van der Waals surface area contributed by atoms with Gasteiger partial charge in [-0.15, -0.1) is 11.3 Å². The molecule has 1 aliphatic rings. The number of hydrogen-bond donors (Lipinski definition) is 1. The molecule has 1 N–H and O–H groups in total. The quantitative estimate of drug-likeness (QED) is 0.839. The van der Waals surface area contributed by atoms with Crippen molar-refractivity contribution in [3.63, 3.8) is 0 Å². The third-order valence-corrected chi connectivity index (χ3v) is 5.26. The Bertz CT molecular complexity index is 724. The summed E-state index contributed by atoms with van der Waals surface area (Å²) in [6.45, 7) is 0.857.